The van der Waals surface area contributed by atoms with Gasteiger partial charge in [-0.15, -0.1) is 0 Å². The summed E-state index contributed by atoms with van der Waals surface area (Å²) in [5.41, 5.74) is 3.80. The lowest BCUT2D eigenvalue weighted by molar-refractivity contribution is -0.122. The van der Waals surface area contributed by atoms with Crippen molar-refractivity contribution in [2.45, 2.75) is 6.92 Å². The Morgan fingerprint density at radius 1 is 1.08 bits per heavy atom. The Kier molecular flexibility index (Phi) is 4.01. The molecule has 0 N–H and O–H groups in total. The number of aromatic nitrogens is 1. The first-order valence-electron chi connectivity index (χ1n) is 8.41. The lowest BCUT2D eigenvalue weighted by atomic mass is 10.1. The summed E-state index contributed by atoms with van der Waals surface area (Å²) in [6.07, 6.45) is 1.90. The van der Waals surface area contributed by atoms with Crippen molar-refractivity contribution >= 4 is 62.7 Å². The topological polar surface area (TPSA) is 28.5 Å². The van der Waals surface area contributed by atoms with Crippen LogP contribution in [0.15, 0.2) is 42.1 Å². The smallest absolute Gasteiger partial charge is 0.276 e. The molecule has 0 aliphatic carbocycles. The SMILES string of the molecule is CCN1C(=O)/C(=C/c2ccc3c(c2)c2cc(Cl)ccc2n3C)N(C)C1=S. The summed E-state index contributed by atoms with van der Waals surface area (Å²) in [7, 11) is 3.88. The standard InChI is InChI=1S/C20H18ClN3OS/c1-4-24-19(25)18(23(3)20(24)26)10-12-5-7-16-14(9-12)15-11-13(21)6-8-17(15)22(16)2/h5-11H,4H2,1-3H3/b18-10-. The van der Waals surface area contributed by atoms with Gasteiger partial charge in [0.25, 0.3) is 5.91 Å². The van der Waals surface area contributed by atoms with Gasteiger partial charge in [0.15, 0.2) is 5.11 Å². The number of rotatable bonds is 2. The highest BCUT2D eigenvalue weighted by Gasteiger charge is 2.34. The van der Waals surface area contributed by atoms with Gasteiger partial charge in [-0.3, -0.25) is 9.69 Å². The minimum absolute atomic E-state index is 0.0546. The highest BCUT2D eigenvalue weighted by Crippen LogP contribution is 2.32. The molecule has 26 heavy (non-hydrogen) atoms. The van der Waals surface area contributed by atoms with Gasteiger partial charge in [-0.1, -0.05) is 17.7 Å². The van der Waals surface area contributed by atoms with Crippen molar-refractivity contribution in [3.8, 4) is 0 Å². The summed E-state index contributed by atoms with van der Waals surface area (Å²) in [5.74, 6) is -0.0546. The largest absolute Gasteiger partial charge is 0.344 e. The van der Waals surface area contributed by atoms with Crippen LogP contribution in [0.3, 0.4) is 0 Å². The third kappa shape index (κ3) is 2.42. The average molecular weight is 384 g/mol. The van der Waals surface area contributed by atoms with Crippen molar-refractivity contribution in [2.24, 2.45) is 7.05 Å². The van der Waals surface area contributed by atoms with Crippen LogP contribution in [0, 0.1) is 0 Å². The van der Waals surface area contributed by atoms with Crippen molar-refractivity contribution in [1.82, 2.24) is 14.4 Å². The van der Waals surface area contributed by atoms with Crippen LogP contribution in [-0.2, 0) is 11.8 Å². The molecular weight excluding hydrogens is 366 g/mol. The number of thiocarbonyl (C=S) groups is 1. The van der Waals surface area contributed by atoms with E-state index < -0.39 is 0 Å². The zero-order chi connectivity index (χ0) is 18.6. The molecule has 3 aromatic rings. The Morgan fingerprint density at radius 3 is 2.38 bits per heavy atom. The van der Waals surface area contributed by atoms with Crippen LogP contribution in [0.5, 0.6) is 0 Å². The molecule has 0 unspecified atom stereocenters. The number of hydrogen-bond donors (Lipinski definition) is 0. The van der Waals surface area contributed by atoms with Crippen LogP contribution < -0.4 is 0 Å². The van der Waals surface area contributed by atoms with Gasteiger partial charge in [0.1, 0.15) is 5.70 Å². The van der Waals surface area contributed by atoms with Crippen molar-refractivity contribution in [2.75, 3.05) is 13.6 Å². The molecule has 0 saturated carbocycles. The number of hydrogen-bond acceptors (Lipinski definition) is 2. The van der Waals surface area contributed by atoms with E-state index >= 15 is 0 Å². The van der Waals surface area contributed by atoms with E-state index in [1.807, 2.05) is 51.4 Å². The zero-order valence-electron chi connectivity index (χ0n) is 14.8. The van der Waals surface area contributed by atoms with Gasteiger partial charge >= 0.3 is 0 Å². The third-order valence-corrected chi connectivity index (χ3v) is 5.68. The fourth-order valence-corrected chi connectivity index (χ4v) is 4.03. The maximum Gasteiger partial charge on any atom is 0.276 e. The molecule has 0 spiro atoms. The van der Waals surface area contributed by atoms with Gasteiger partial charge in [-0.2, -0.15) is 0 Å². The van der Waals surface area contributed by atoms with Crippen LogP contribution in [0.1, 0.15) is 12.5 Å². The fraction of sp³-hybridized carbons (Fsp3) is 0.200. The molecule has 0 bridgehead atoms. The maximum atomic E-state index is 12.6. The third-order valence-electron chi connectivity index (χ3n) is 4.96. The van der Waals surface area contributed by atoms with Gasteiger partial charge in [0.05, 0.1) is 0 Å². The summed E-state index contributed by atoms with van der Waals surface area (Å²) in [6.45, 7) is 2.49. The highest BCUT2D eigenvalue weighted by molar-refractivity contribution is 7.80. The molecule has 132 valence electrons. The molecule has 1 fully saturated rings. The first-order valence-corrected chi connectivity index (χ1v) is 9.20. The Bertz CT molecular complexity index is 1120. The van der Waals surface area contributed by atoms with Crippen LogP contribution >= 0.6 is 23.8 Å². The molecule has 1 aliphatic rings. The quantitative estimate of drug-likeness (QED) is 0.485. The molecule has 6 heteroatoms. The first-order chi connectivity index (χ1) is 12.4. The Morgan fingerprint density at radius 2 is 1.73 bits per heavy atom. The van der Waals surface area contributed by atoms with Crippen molar-refractivity contribution in [3.05, 3.63) is 52.7 Å². The van der Waals surface area contributed by atoms with E-state index in [-0.39, 0.29) is 5.91 Å². The summed E-state index contributed by atoms with van der Waals surface area (Å²) in [4.78, 5) is 16.0. The lowest BCUT2D eigenvalue weighted by Crippen LogP contribution is -2.30. The van der Waals surface area contributed by atoms with Crippen molar-refractivity contribution in [3.63, 3.8) is 0 Å². The molecule has 2 heterocycles. The normalized spacial score (nSPS) is 16.7. The van der Waals surface area contributed by atoms with E-state index in [1.54, 1.807) is 9.80 Å². The molecule has 0 radical (unpaired) electrons. The Balaban J connectivity index is 1.88. The highest BCUT2D eigenvalue weighted by atomic mass is 35.5. The van der Waals surface area contributed by atoms with Gasteiger partial charge in [0.2, 0.25) is 0 Å². The summed E-state index contributed by atoms with van der Waals surface area (Å²) < 4.78 is 2.15. The monoisotopic (exact) mass is 383 g/mol. The van der Waals surface area contributed by atoms with Crippen LogP contribution in [0.25, 0.3) is 27.9 Å². The molecule has 4 nitrogen and oxygen atoms in total. The van der Waals surface area contributed by atoms with Gasteiger partial charge in [-0.05, 0) is 61.1 Å². The number of carbonyl (C=O) groups is 1. The second-order valence-electron chi connectivity index (χ2n) is 6.42. The maximum absolute atomic E-state index is 12.6. The van der Waals surface area contributed by atoms with E-state index in [2.05, 4.69) is 16.7 Å². The molecular formula is C20H18ClN3OS. The minimum Gasteiger partial charge on any atom is -0.344 e. The summed E-state index contributed by atoms with van der Waals surface area (Å²) in [6, 6.07) is 12.1. The predicted molar refractivity (Wildman–Crippen MR) is 111 cm³/mol. The molecule has 1 saturated heterocycles. The fourth-order valence-electron chi connectivity index (χ4n) is 3.55. The van der Waals surface area contributed by atoms with Gasteiger partial charge in [0, 0.05) is 47.5 Å². The van der Waals surface area contributed by atoms with E-state index in [0.717, 1.165) is 27.4 Å². The number of likely N-dealkylation sites (N-methyl/N-ethyl adjacent to an activating group) is 2. The molecule has 1 aromatic heterocycles. The number of aryl methyl sites for hydroxylation is 1. The van der Waals surface area contributed by atoms with E-state index in [4.69, 9.17) is 23.8 Å². The van der Waals surface area contributed by atoms with Gasteiger partial charge < -0.3 is 9.47 Å². The molecule has 0 atom stereocenters. The Labute approximate surface area is 162 Å². The first kappa shape index (κ1) is 17.1. The zero-order valence-corrected chi connectivity index (χ0v) is 16.4. The van der Waals surface area contributed by atoms with E-state index in [0.29, 0.717) is 22.4 Å². The van der Waals surface area contributed by atoms with Crippen LogP contribution in [0.4, 0.5) is 0 Å². The minimum atomic E-state index is -0.0546. The number of benzene rings is 2. The second-order valence-corrected chi connectivity index (χ2v) is 7.22. The van der Waals surface area contributed by atoms with Crippen LogP contribution in [0.2, 0.25) is 5.02 Å². The number of carbonyl (C=O) groups excluding carboxylic acids is 1. The number of fused-ring (bicyclic) bond motifs is 3. The number of halogens is 1. The lowest BCUT2D eigenvalue weighted by Gasteiger charge is -2.13. The Hall–Kier alpha value is -2.37. The number of amides is 1. The van der Waals surface area contributed by atoms with Crippen molar-refractivity contribution in [1.29, 1.82) is 0 Å². The second kappa shape index (κ2) is 6.11. The summed E-state index contributed by atoms with van der Waals surface area (Å²) >= 11 is 11.6. The van der Waals surface area contributed by atoms with E-state index in [9.17, 15) is 4.79 Å². The molecule has 1 aliphatic heterocycles. The predicted octanol–water partition coefficient (Wildman–Crippen LogP) is 4.40. The van der Waals surface area contributed by atoms with Gasteiger partial charge in [-0.25, -0.2) is 0 Å². The molecule has 4 rings (SSSR count). The van der Waals surface area contributed by atoms with Crippen LogP contribution in [-0.4, -0.2) is 39.0 Å². The molecule has 1 amide bonds. The van der Waals surface area contributed by atoms with E-state index in [1.165, 1.54) is 0 Å². The van der Waals surface area contributed by atoms with Crippen molar-refractivity contribution < 1.29 is 4.79 Å². The average Bonchev–Trinajstić information content (AvgIpc) is 3.01. The molecule has 2 aromatic carbocycles. The summed E-state index contributed by atoms with van der Waals surface area (Å²) in [5, 5.41) is 3.47. The number of nitrogens with zero attached hydrogens (tertiary/aromatic N) is 3.